The SMILES string of the molecule is CCOCc1ccccc1CNC(=O)C(C)C(N)c1ccccc1. The normalized spacial score (nSPS) is 13.3. The van der Waals surface area contributed by atoms with Crippen LogP contribution in [-0.4, -0.2) is 12.5 Å². The van der Waals surface area contributed by atoms with E-state index in [4.69, 9.17) is 10.5 Å². The Hall–Kier alpha value is -2.17. The second kappa shape index (κ2) is 9.21. The Morgan fingerprint density at radius 1 is 1.08 bits per heavy atom. The third-order valence-corrected chi connectivity index (χ3v) is 4.17. The van der Waals surface area contributed by atoms with Crippen LogP contribution >= 0.6 is 0 Å². The highest BCUT2D eigenvalue weighted by atomic mass is 16.5. The molecule has 2 atom stereocenters. The Morgan fingerprint density at radius 2 is 1.71 bits per heavy atom. The molecule has 0 fully saturated rings. The number of rotatable bonds is 8. The van der Waals surface area contributed by atoms with Crippen LogP contribution in [0.5, 0.6) is 0 Å². The van der Waals surface area contributed by atoms with E-state index in [1.54, 1.807) is 0 Å². The van der Waals surface area contributed by atoms with Crippen molar-refractivity contribution in [1.29, 1.82) is 0 Å². The van der Waals surface area contributed by atoms with Crippen molar-refractivity contribution in [2.24, 2.45) is 11.7 Å². The summed E-state index contributed by atoms with van der Waals surface area (Å²) in [4.78, 5) is 12.4. The summed E-state index contributed by atoms with van der Waals surface area (Å²) in [5.41, 5.74) is 9.36. The third kappa shape index (κ3) is 4.91. The van der Waals surface area contributed by atoms with Gasteiger partial charge in [0.15, 0.2) is 0 Å². The maximum atomic E-state index is 12.4. The van der Waals surface area contributed by atoms with Crippen LogP contribution in [0.4, 0.5) is 0 Å². The summed E-state index contributed by atoms with van der Waals surface area (Å²) in [7, 11) is 0. The fraction of sp³-hybridized carbons (Fsp3) is 0.350. The fourth-order valence-electron chi connectivity index (χ4n) is 2.55. The van der Waals surface area contributed by atoms with E-state index in [0.717, 1.165) is 16.7 Å². The number of amides is 1. The first-order valence-electron chi connectivity index (χ1n) is 8.36. The minimum Gasteiger partial charge on any atom is -0.377 e. The largest absolute Gasteiger partial charge is 0.377 e. The van der Waals surface area contributed by atoms with Gasteiger partial charge in [-0.15, -0.1) is 0 Å². The van der Waals surface area contributed by atoms with E-state index in [1.165, 1.54) is 0 Å². The summed E-state index contributed by atoms with van der Waals surface area (Å²) in [6, 6.07) is 17.4. The molecule has 0 aliphatic rings. The molecule has 2 aromatic rings. The number of nitrogens with two attached hydrogens (primary N) is 1. The van der Waals surface area contributed by atoms with Crippen molar-refractivity contribution in [1.82, 2.24) is 5.32 Å². The summed E-state index contributed by atoms with van der Waals surface area (Å²) in [5.74, 6) is -0.343. The van der Waals surface area contributed by atoms with E-state index in [0.29, 0.717) is 19.8 Å². The molecular weight excluding hydrogens is 300 g/mol. The molecule has 0 aliphatic carbocycles. The zero-order valence-electron chi connectivity index (χ0n) is 14.4. The van der Waals surface area contributed by atoms with Crippen molar-refractivity contribution in [3.8, 4) is 0 Å². The number of hydrogen-bond donors (Lipinski definition) is 2. The van der Waals surface area contributed by atoms with Gasteiger partial charge in [0.05, 0.1) is 12.5 Å². The van der Waals surface area contributed by atoms with Gasteiger partial charge < -0.3 is 15.8 Å². The minimum absolute atomic E-state index is 0.0439. The van der Waals surface area contributed by atoms with E-state index in [9.17, 15) is 4.79 Å². The summed E-state index contributed by atoms with van der Waals surface area (Å²) in [6.07, 6.45) is 0. The molecular formula is C20H26N2O2. The van der Waals surface area contributed by atoms with Crippen molar-refractivity contribution in [3.05, 3.63) is 71.3 Å². The Balaban J connectivity index is 1.95. The Morgan fingerprint density at radius 3 is 2.38 bits per heavy atom. The van der Waals surface area contributed by atoms with Gasteiger partial charge in [-0.2, -0.15) is 0 Å². The molecule has 128 valence electrons. The summed E-state index contributed by atoms with van der Waals surface area (Å²) >= 11 is 0. The van der Waals surface area contributed by atoms with Gasteiger partial charge in [0.2, 0.25) is 5.91 Å². The quantitative estimate of drug-likeness (QED) is 0.783. The van der Waals surface area contributed by atoms with Gasteiger partial charge in [0, 0.05) is 19.2 Å². The molecule has 0 saturated heterocycles. The monoisotopic (exact) mass is 326 g/mol. The lowest BCUT2D eigenvalue weighted by Gasteiger charge is -2.20. The van der Waals surface area contributed by atoms with E-state index in [2.05, 4.69) is 5.32 Å². The molecule has 0 radical (unpaired) electrons. The Bertz CT molecular complexity index is 643. The molecule has 0 aromatic heterocycles. The molecule has 4 heteroatoms. The van der Waals surface area contributed by atoms with Crippen molar-refractivity contribution < 1.29 is 9.53 Å². The van der Waals surface area contributed by atoms with Gasteiger partial charge >= 0.3 is 0 Å². The average Bonchev–Trinajstić information content (AvgIpc) is 2.64. The first kappa shape index (κ1) is 18.2. The molecule has 2 unspecified atom stereocenters. The van der Waals surface area contributed by atoms with E-state index in [-0.39, 0.29) is 17.9 Å². The van der Waals surface area contributed by atoms with Gasteiger partial charge in [-0.05, 0) is 23.6 Å². The maximum absolute atomic E-state index is 12.4. The maximum Gasteiger partial charge on any atom is 0.225 e. The number of hydrogen-bond acceptors (Lipinski definition) is 3. The molecule has 0 bridgehead atoms. The molecule has 0 aliphatic heterocycles. The fourth-order valence-corrected chi connectivity index (χ4v) is 2.55. The van der Waals surface area contributed by atoms with E-state index in [1.807, 2.05) is 68.4 Å². The highest BCUT2D eigenvalue weighted by Gasteiger charge is 2.21. The van der Waals surface area contributed by atoms with Crippen LogP contribution in [0.1, 0.15) is 36.6 Å². The molecule has 3 N–H and O–H groups in total. The molecule has 0 spiro atoms. The van der Waals surface area contributed by atoms with Gasteiger partial charge in [-0.1, -0.05) is 61.5 Å². The molecule has 2 aromatic carbocycles. The first-order chi connectivity index (χ1) is 11.6. The first-order valence-corrected chi connectivity index (χ1v) is 8.36. The highest BCUT2D eigenvalue weighted by molar-refractivity contribution is 5.79. The van der Waals surface area contributed by atoms with E-state index < -0.39 is 0 Å². The van der Waals surface area contributed by atoms with Crippen molar-refractivity contribution in [3.63, 3.8) is 0 Å². The minimum atomic E-state index is -0.315. The lowest BCUT2D eigenvalue weighted by molar-refractivity contribution is -0.125. The molecule has 0 saturated carbocycles. The molecule has 24 heavy (non-hydrogen) atoms. The van der Waals surface area contributed by atoms with Crippen molar-refractivity contribution in [2.75, 3.05) is 6.61 Å². The summed E-state index contributed by atoms with van der Waals surface area (Å²) in [5, 5.41) is 2.99. The number of benzene rings is 2. The second-order valence-electron chi connectivity index (χ2n) is 5.85. The van der Waals surface area contributed by atoms with Gasteiger partial charge in [-0.3, -0.25) is 4.79 Å². The predicted octanol–water partition coefficient (Wildman–Crippen LogP) is 3.18. The predicted molar refractivity (Wildman–Crippen MR) is 96.2 cm³/mol. The van der Waals surface area contributed by atoms with Crippen molar-refractivity contribution >= 4 is 5.91 Å². The van der Waals surface area contributed by atoms with Crippen LogP contribution in [-0.2, 0) is 22.7 Å². The average molecular weight is 326 g/mol. The topological polar surface area (TPSA) is 64.3 Å². The van der Waals surface area contributed by atoms with Crippen LogP contribution in [0, 0.1) is 5.92 Å². The Kier molecular flexibility index (Phi) is 6.97. The summed E-state index contributed by atoms with van der Waals surface area (Å²) < 4.78 is 5.48. The van der Waals surface area contributed by atoms with Crippen LogP contribution in [0.2, 0.25) is 0 Å². The smallest absolute Gasteiger partial charge is 0.225 e. The number of carbonyl (C=O) groups is 1. The zero-order chi connectivity index (χ0) is 17.4. The summed E-state index contributed by atoms with van der Waals surface area (Å²) in [6.45, 7) is 5.54. The van der Waals surface area contributed by atoms with Gasteiger partial charge in [-0.25, -0.2) is 0 Å². The highest BCUT2D eigenvalue weighted by Crippen LogP contribution is 2.19. The van der Waals surface area contributed by atoms with Crippen LogP contribution < -0.4 is 11.1 Å². The standard InChI is InChI=1S/C20H26N2O2/c1-3-24-14-18-12-8-7-11-17(18)13-22-20(23)15(2)19(21)16-9-5-4-6-10-16/h4-12,15,19H,3,13-14,21H2,1-2H3,(H,22,23). The number of carbonyl (C=O) groups excluding carboxylic acids is 1. The number of ether oxygens (including phenoxy) is 1. The Labute approximate surface area is 144 Å². The molecule has 4 nitrogen and oxygen atoms in total. The number of nitrogens with one attached hydrogen (secondary N) is 1. The van der Waals surface area contributed by atoms with Crippen LogP contribution in [0.3, 0.4) is 0 Å². The zero-order valence-corrected chi connectivity index (χ0v) is 14.4. The van der Waals surface area contributed by atoms with Crippen LogP contribution in [0.25, 0.3) is 0 Å². The second-order valence-corrected chi connectivity index (χ2v) is 5.85. The van der Waals surface area contributed by atoms with Gasteiger partial charge in [0.25, 0.3) is 0 Å². The third-order valence-electron chi connectivity index (χ3n) is 4.17. The van der Waals surface area contributed by atoms with Crippen molar-refractivity contribution in [2.45, 2.75) is 33.0 Å². The van der Waals surface area contributed by atoms with E-state index >= 15 is 0 Å². The molecule has 1 amide bonds. The molecule has 2 rings (SSSR count). The van der Waals surface area contributed by atoms with Gasteiger partial charge in [0.1, 0.15) is 0 Å². The lowest BCUT2D eigenvalue weighted by atomic mass is 9.94. The van der Waals surface area contributed by atoms with Crippen LogP contribution in [0.15, 0.2) is 54.6 Å². The molecule has 0 heterocycles. The lowest BCUT2D eigenvalue weighted by Crippen LogP contribution is -2.35.